The van der Waals surface area contributed by atoms with Gasteiger partial charge in [0.05, 0.1) is 17.9 Å². The number of hydrogen-bond donors (Lipinski definition) is 1. The van der Waals surface area contributed by atoms with Crippen molar-refractivity contribution in [2.24, 2.45) is 0 Å². The first-order chi connectivity index (χ1) is 8.43. The van der Waals surface area contributed by atoms with Crippen LogP contribution in [0, 0.1) is 6.92 Å². The van der Waals surface area contributed by atoms with Crippen LogP contribution in [0.1, 0.15) is 5.69 Å². The number of rotatable bonds is 5. The van der Waals surface area contributed by atoms with Crippen molar-refractivity contribution in [3.63, 3.8) is 0 Å². The Morgan fingerprint density at radius 3 is 2.78 bits per heavy atom. The molecule has 0 radical (unpaired) electrons. The van der Waals surface area contributed by atoms with Crippen LogP contribution in [0.15, 0.2) is 15.9 Å². The second-order valence-corrected chi connectivity index (χ2v) is 4.36. The molecule has 1 rings (SSSR count). The molecular formula is C10H12N2O5S. The molecule has 0 bridgehead atoms. The lowest BCUT2D eigenvalue weighted by Gasteiger charge is -2.10. The van der Waals surface area contributed by atoms with E-state index in [0.717, 1.165) is 16.3 Å². The Labute approximate surface area is 107 Å². The summed E-state index contributed by atoms with van der Waals surface area (Å²) >= 11 is 0.952. The van der Waals surface area contributed by atoms with E-state index in [2.05, 4.69) is 9.72 Å². The number of ether oxygens (including phenoxy) is 1. The zero-order valence-corrected chi connectivity index (χ0v) is 10.7. The number of nitrogens with zero attached hydrogens (tertiary/aromatic N) is 2. The Morgan fingerprint density at radius 1 is 1.56 bits per heavy atom. The molecule has 0 amide bonds. The zero-order chi connectivity index (χ0) is 13.7. The Morgan fingerprint density at radius 2 is 2.22 bits per heavy atom. The molecule has 1 aromatic rings. The first-order valence-corrected chi connectivity index (χ1v) is 5.92. The third kappa shape index (κ3) is 3.88. The van der Waals surface area contributed by atoms with Crippen LogP contribution in [-0.4, -0.2) is 39.5 Å². The smallest absolute Gasteiger partial charge is 0.349 e. The molecule has 18 heavy (non-hydrogen) atoms. The number of thioether (sulfide) groups is 1. The number of hydrogen-bond acceptors (Lipinski definition) is 6. The zero-order valence-electron chi connectivity index (χ0n) is 9.87. The highest BCUT2D eigenvalue weighted by molar-refractivity contribution is 7.99. The van der Waals surface area contributed by atoms with Crippen LogP contribution in [0.5, 0.6) is 0 Å². The van der Waals surface area contributed by atoms with E-state index in [4.69, 9.17) is 5.11 Å². The summed E-state index contributed by atoms with van der Waals surface area (Å²) in [5.74, 6) is -1.81. The van der Waals surface area contributed by atoms with Crippen molar-refractivity contribution in [3.8, 4) is 0 Å². The van der Waals surface area contributed by atoms with Gasteiger partial charge in [0.2, 0.25) is 0 Å². The van der Waals surface area contributed by atoms with Gasteiger partial charge in [-0.3, -0.25) is 14.2 Å². The average Bonchev–Trinajstić information content (AvgIpc) is 2.29. The maximum atomic E-state index is 11.6. The van der Waals surface area contributed by atoms with E-state index in [-0.39, 0.29) is 12.3 Å². The lowest BCUT2D eigenvalue weighted by atomic mass is 10.4. The molecule has 0 aliphatic heterocycles. The predicted octanol–water partition coefficient (Wildman–Crippen LogP) is -0.0986. The van der Waals surface area contributed by atoms with Crippen molar-refractivity contribution in [3.05, 3.63) is 22.2 Å². The van der Waals surface area contributed by atoms with Crippen molar-refractivity contribution < 1.29 is 19.4 Å². The van der Waals surface area contributed by atoms with Gasteiger partial charge in [-0.1, -0.05) is 11.8 Å². The molecule has 0 spiro atoms. The van der Waals surface area contributed by atoms with E-state index < -0.39 is 17.6 Å². The van der Waals surface area contributed by atoms with Crippen LogP contribution in [0.3, 0.4) is 0 Å². The van der Waals surface area contributed by atoms with E-state index in [1.54, 1.807) is 13.0 Å². The molecule has 98 valence electrons. The van der Waals surface area contributed by atoms with Crippen LogP contribution in [-0.2, 0) is 20.9 Å². The van der Waals surface area contributed by atoms with Gasteiger partial charge in [-0.2, -0.15) is 4.98 Å². The topological polar surface area (TPSA) is 98.5 Å². The van der Waals surface area contributed by atoms with Crippen LogP contribution < -0.4 is 5.69 Å². The summed E-state index contributed by atoms with van der Waals surface area (Å²) in [4.78, 5) is 37.0. The fraction of sp³-hybridized carbons (Fsp3) is 0.400. The number of esters is 1. The summed E-state index contributed by atoms with van der Waals surface area (Å²) < 4.78 is 5.56. The Bertz CT molecular complexity index is 525. The highest BCUT2D eigenvalue weighted by Gasteiger charge is 2.12. The highest BCUT2D eigenvalue weighted by atomic mass is 32.2. The Hall–Kier alpha value is -1.83. The quantitative estimate of drug-likeness (QED) is 0.454. The molecule has 0 fully saturated rings. The van der Waals surface area contributed by atoms with Crippen LogP contribution in [0.4, 0.5) is 0 Å². The van der Waals surface area contributed by atoms with Gasteiger partial charge in [-0.05, 0) is 13.0 Å². The largest absolute Gasteiger partial charge is 0.481 e. The lowest BCUT2D eigenvalue weighted by Crippen LogP contribution is -2.29. The van der Waals surface area contributed by atoms with Gasteiger partial charge in [0.15, 0.2) is 0 Å². The van der Waals surface area contributed by atoms with Crippen molar-refractivity contribution in [2.75, 3.05) is 12.9 Å². The first kappa shape index (κ1) is 14.2. The number of aromatic nitrogens is 2. The third-order valence-corrected chi connectivity index (χ3v) is 2.98. The Balaban J connectivity index is 3.08. The average molecular weight is 272 g/mol. The maximum Gasteiger partial charge on any atom is 0.349 e. The van der Waals surface area contributed by atoms with Crippen molar-refractivity contribution in [2.45, 2.75) is 18.5 Å². The number of carbonyl (C=O) groups excluding carboxylic acids is 1. The van der Waals surface area contributed by atoms with E-state index >= 15 is 0 Å². The monoisotopic (exact) mass is 272 g/mol. The second kappa shape index (κ2) is 6.20. The van der Waals surface area contributed by atoms with Crippen LogP contribution >= 0.6 is 11.8 Å². The molecule has 1 aromatic heterocycles. The van der Waals surface area contributed by atoms with E-state index in [0.29, 0.717) is 10.7 Å². The number of carboxylic acid groups (broad SMARTS) is 1. The van der Waals surface area contributed by atoms with Crippen LogP contribution in [0.2, 0.25) is 0 Å². The lowest BCUT2D eigenvalue weighted by molar-refractivity contribution is -0.141. The molecule has 0 aliphatic carbocycles. The number of aryl methyl sites for hydroxylation is 1. The van der Waals surface area contributed by atoms with E-state index in [9.17, 15) is 14.4 Å². The summed E-state index contributed by atoms with van der Waals surface area (Å²) in [7, 11) is 1.21. The van der Waals surface area contributed by atoms with Gasteiger partial charge in [-0.25, -0.2) is 4.79 Å². The molecule has 0 aromatic carbocycles. The molecule has 1 N–H and O–H groups in total. The summed E-state index contributed by atoms with van der Waals surface area (Å²) in [6.45, 7) is 1.33. The number of carbonyl (C=O) groups is 2. The SMILES string of the molecule is COC(=O)Cn1c(SCC(=O)O)cc(C)nc1=O. The highest BCUT2D eigenvalue weighted by Crippen LogP contribution is 2.16. The normalized spacial score (nSPS) is 10.1. The molecule has 0 aliphatic rings. The van der Waals surface area contributed by atoms with Gasteiger partial charge >= 0.3 is 17.6 Å². The first-order valence-electron chi connectivity index (χ1n) is 4.94. The van der Waals surface area contributed by atoms with E-state index in [1.807, 2.05) is 0 Å². The van der Waals surface area contributed by atoms with Gasteiger partial charge in [-0.15, -0.1) is 0 Å². The minimum atomic E-state index is -1.01. The molecule has 7 nitrogen and oxygen atoms in total. The summed E-state index contributed by atoms with van der Waals surface area (Å²) in [6, 6.07) is 1.55. The second-order valence-electron chi connectivity index (χ2n) is 3.36. The molecule has 0 atom stereocenters. The number of methoxy groups -OCH3 is 1. The third-order valence-electron chi connectivity index (χ3n) is 1.96. The predicted molar refractivity (Wildman–Crippen MR) is 63.6 cm³/mol. The minimum Gasteiger partial charge on any atom is -0.481 e. The molecule has 0 unspecified atom stereocenters. The van der Waals surface area contributed by atoms with Gasteiger partial charge in [0.1, 0.15) is 6.54 Å². The standard InChI is InChI=1S/C10H12N2O5S/c1-6-3-7(18-5-8(13)14)12(10(16)11-6)4-9(15)17-2/h3H,4-5H2,1-2H3,(H,13,14). The van der Waals surface area contributed by atoms with Gasteiger partial charge < -0.3 is 9.84 Å². The van der Waals surface area contributed by atoms with Gasteiger partial charge in [0, 0.05) is 5.69 Å². The number of carboxylic acids is 1. The fourth-order valence-corrected chi connectivity index (χ4v) is 2.01. The maximum absolute atomic E-state index is 11.6. The number of aliphatic carboxylic acids is 1. The Kier molecular flexibility index (Phi) is 4.90. The van der Waals surface area contributed by atoms with Gasteiger partial charge in [0.25, 0.3) is 0 Å². The molecule has 8 heteroatoms. The molecule has 0 saturated carbocycles. The summed E-state index contributed by atoms with van der Waals surface area (Å²) in [5, 5.41) is 8.99. The minimum absolute atomic E-state index is 0.204. The summed E-state index contributed by atoms with van der Waals surface area (Å²) in [5.41, 5.74) is -0.137. The van der Waals surface area contributed by atoms with Crippen LogP contribution in [0.25, 0.3) is 0 Å². The van der Waals surface area contributed by atoms with Crippen molar-refractivity contribution >= 4 is 23.7 Å². The summed E-state index contributed by atoms with van der Waals surface area (Å²) in [6.07, 6.45) is 0. The fourth-order valence-electron chi connectivity index (χ4n) is 1.19. The van der Waals surface area contributed by atoms with Crippen molar-refractivity contribution in [1.82, 2.24) is 9.55 Å². The molecule has 0 saturated heterocycles. The molecule has 1 heterocycles. The van der Waals surface area contributed by atoms with Crippen molar-refractivity contribution in [1.29, 1.82) is 0 Å². The van der Waals surface area contributed by atoms with E-state index in [1.165, 1.54) is 7.11 Å². The molecular weight excluding hydrogens is 260 g/mol.